The van der Waals surface area contributed by atoms with Crippen molar-refractivity contribution in [3.8, 4) is 11.5 Å². The largest absolute Gasteiger partial charge is 0.603 e. The summed E-state index contributed by atoms with van der Waals surface area (Å²) >= 11 is 0. The number of fused-ring (bicyclic) bond motifs is 6. The number of benzene rings is 4. The van der Waals surface area contributed by atoms with E-state index >= 15 is 0 Å². The number of pyridine rings is 1. The maximum Gasteiger partial charge on any atom is 0.135 e. The van der Waals surface area contributed by atoms with E-state index in [0.29, 0.717) is 0 Å². The van der Waals surface area contributed by atoms with E-state index in [1.807, 2.05) is 41.7 Å². The molecule has 0 radical (unpaired) electrons. The second kappa shape index (κ2) is 8.90. The molecule has 3 aromatic heterocycles. The van der Waals surface area contributed by atoms with Gasteiger partial charge in [0.1, 0.15) is 5.82 Å². The first kappa shape index (κ1) is 22.8. The molecule has 8 rings (SSSR count). The Morgan fingerprint density at radius 2 is 1.26 bits per heavy atom. The summed E-state index contributed by atoms with van der Waals surface area (Å²) in [5.41, 5.74) is 10.6. The zero-order chi connectivity index (χ0) is 24.3. The zero-order valence-electron chi connectivity index (χ0n) is 20.2. The predicted octanol–water partition coefficient (Wildman–Crippen LogP) is 7.50. The van der Waals surface area contributed by atoms with Gasteiger partial charge in [0.2, 0.25) is 0 Å². The smallest absolute Gasteiger partial charge is 0.135 e. The van der Waals surface area contributed by atoms with E-state index in [4.69, 9.17) is 0 Å². The van der Waals surface area contributed by atoms with Crippen LogP contribution in [0.15, 0.2) is 109 Å². The van der Waals surface area contributed by atoms with E-state index < -0.39 is 0 Å². The minimum atomic E-state index is 0. The van der Waals surface area contributed by atoms with Crippen molar-refractivity contribution in [3.05, 3.63) is 127 Å². The first-order chi connectivity index (χ1) is 18.4. The van der Waals surface area contributed by atoms with Gasteiger partial charge >= 0.3 is 0 Å². The fourth-order valence-electron chi connectivity index (χ4n) is 5.50. The summed E-state index contributed by atoms with van der Waals surface area (Å²) in [6.07, 6.45) is 5.72. The molecule has 0 unspecified atom stereocenters. The molecular formula is C32H20N5Pt-3. The molecule has 0 atom stereocenters. The summed E-state index contributed by atoms with van der Waals surface area (Å²) in [7, 11) is 0. The van der Waals surface area contributed by atoms with Crippen molar-refractivity contribution in [1.29, 1.82) is 0 Å². The monoisotopic (exact) mass is 669 g/mol. The molecule has 4 aromatic carbocycles. The third kappa shape index (κ3) is 3.32. The molecule has 0 N–H and O–H groups in total. The zero-order valence-corrected chi connectivity index (χ0v) is 22.4. The van der Waals surface area contributed by atoms with Gasteiger partial charge in [0.25, 0.3) is 0 Å². The molecule has 186 valence electrons. The van der Waals surface area contributed by atoms with Gasteiger partial charge in [0, 0.05) is 44.8 Å². The van der Waals surface area contributed by atoms with E-state index in [2.05, 4.69) is 104 Å². The summed E-state index contributed by atoms with van der Waals surface area (Å²) in [5.74, 6) is 0.876. The molecular weight excluding hydrogens is 649 g/mol. The van der Waals surface area contributed by atoms with Crippen LogP contribution in [0, 0.1) is 12.1 Å². The maximum absolute atomic E-state index is 4.68. The van der Waals surface area contributed by atoms with Crippen molar-refractivity contribution in [3.63, 3.8) is 0 Å². The normalized spacial score (nSPS) is 13.0. The molecule has 1 aliphatic rings. The minimum Gasteiger partial charge on any atom is -0.603 e. The number of nitrogens with zero attached hydrogens (tertiary/aromatic N) is 5. The Morgan fingerprint density at radius 1 is 0.632 bits per heavy atom. The van der Waals surface area contributed by atoms with Gasteiger partial charge in [0.15, 0.2) is 0 Å². The van der Waals surface area contributed by atoms with Crippen LogP contribution < -0.4 is 5.01 Å². The number of hydrogen-bond acceptors (Lipinski definition) is 2. The van der Waals surface area contributed by atoms with Crippen LogP contribution in [0.2, 0.25) is 0 Å². The summed E-state index contributed by atoms with van der Waals surface area (Å²) in [6.45, 7) is 0.754. The van der Waals surface area contributed by atoms with Crippen LogP contribution in [-0.4, -0.2) is 20.7 Å². The average molecular weight is 670 g/mol. The summed E-state index contributed by atoms with van der Waals surface area (Å²) < 4.78 is 4.46. The van der Waals surface area contributed by atoms with Gasteiger partial charge in [-0.05, 0) is 35.0 Å². The Morgan fingerprint density at radius 3 is 1.95 bits per heavy atom. The molecule has 38 heavy (non-hydrogen) atoms. The van der Waals surface area contributed by atoms with Crippen LogP contribution in [0.4, 0.5) is 5.69 Å². The van der Waals surface area contributed by atoms with Crippen LogP contribution in [0.1, 0.15) is 0 Å². The molecule has 7 aromatic rings. The van der Waals surface area contributed by atoms with E-state index in [1.54, 1.807) is 0 Å². The van der Waals surface area contributed by atoms with Crippen LogP contribution >= 0.6 is 0 Å². The van der Waals surface area contributed by atoms with Crippen LogP contribution in [0.25, 0.3) is 60.5 Å². The molecule has 0 saturated carbocycles. The molecule has 0 amide bonds. The van der Waals surface area contributed by atoms with Crippen molar-refractivity contribution in [2.75, 3.05) is 11.6 Å². The first-order valence-corrected chi connectivity index (χ1v) is 12.3. The van der Waals surface area contributed by atoms with Crippen LogP contribution in [0.3, 0.4) is 0 Å². The third-order valence-corrected chi connectivity index (χ3v) is 7.12. The summed E-state index contributed by atoms with van der Waals surface area (Å²) in [4.78, 5) is 4.68. The fourth-order valence-corrected chi connectivity index (χ4v) is 5.50. The van der Waals surface area contributed by atoms with Gasteiger partial charge in [-0.2, -0.15) is 18.3 Å². The molecule has 1 aliphatic heterocycles. The standard InChI is InChI=1S/C32H20N5.Pt/c1-3-10-28-24(8-1)26-15-13-22(35-19-7-18-34-35)20-30(26)36(28)23-14-16-27-25-9-2-4-11-29(25)37(31(27)21-23)32-12-5-6-17-33-32;/h1-18H,19H2;/q-3;. The molecule has 4 heterocycles. The molecule has 5 nitrogen and oxygen atoms in total. The van der Waals surface area contributed by atoms with E-state index in [-0.39, 0.29) is 21.1 Å². The molecule has 6 heteroatoms. The minimum absolute atomic E-state index is 0. The van der Waals surface area contributed by atoms with Gasteiger partial charge in [-0.25, -0.2) is 4.98 Å². The van der Waals surface area contributed by atoms with Crippen molar-refractivity contribution in [2.24, 2.45) is 0 Å². The number of anilines is 1. The number of hydrogen-bond donors (Lipinski definition) is 0. The van der Waals surface area contributed by atoms with Gasteiger partial charge in [-0.3, -0.25) is 0 Å². The Hall–Kier alpha value is -4.34. The topological polar surface area (TPSA) is 40.1 Å². The molecule has 0 saturated heterocycles. The Labute approximate surface area is 233 Å². The molecule has 0 aliphatic carbocycles. The van der Waals surface area contributed by atoms with E-state index in [9.17, 15) is 0 Å². The van der Waals surface area contributed by atoms with Crippen molar-refractivity contribution in [1.82, 2.24) is 14.1 Å². The molecule has 0 spiro atoms. The quantitative estimate of drug-likeness (QED) is 0.183. The van der Waals surface area contributed by atoms with Gasteiger partial charge in [0.05, 0.1) is 0 Å². The third-order valence-electron chi connectivity index (χ3n) is 7.12. The number of aromatic nitrogens is 3. The predicted molar refractivity (Wildman–Crippen MR) is 150 cm³/mol. The summed E-state index contributed by atoms with van der Waals surface area (Å²) in [6, 6.07) is 39.1. The SMILES string of the molecule is [Pt].[c-]1c(N2CC=C[N-]2)ccc2c3ccccc3n(-c3[c-]c4c(cc3)c3ccccc3n4-c3ccccn3)c12. The Balaban J connectivity index is 0.00000242. The van der Waals surface area contributed by atoms with Crippen molar-refractivity contribution in [2.45, 2.75) is 0 Å². The second-order valence-corrected chi connectivity index (χ2v) is 9.19. The molecule has 0 bridgehead atoms. The Kier molecular flexibility index (Phi) is 5.34. The van der Waals surface area contributed by atoms with E-state index in [1.165, 1.54) is 10.8 Å². The van der Waals surface area contributed by atoms with Gasteiger partial charge < -0.3 is 19.6 Å². The second-order valence-electron chi connectivity index (χ2n) is 9.19. The summed E-state index contributed by atoms with van der Waals surface area (Å²) in [5, 5.41) is 6.65. The van der Waals surface area contributed by atoms with E-state index in [0.717, 1.165) is 56.6 Å². The van der Waals surface area contributed by atoms with Crippen LogP contribution in [-0.2, 0) is 21.1 Å². The number of rotatable bonds is 3. The number of para-hydroxylation sites is 2. The Bertz CT molecular complexity index is 1990. The van der Waals surface area contributed by atoms with Gasteiger partial charge in [-0.1, -0.05) is 70.9 Å². The maximum atomic E-state index is 4.68. The molecule has 0 fully saturated rings. The fraction of sp³-hybridized carbons (Fsp3) is 0.0312. The van der Waals surface area contributed by atoms with Crippen LogP contribution in [0.5, 0.6) is 0 Å². The average Bonchev–Trinajstić information content (AvgIpc) is 3.68. The van der Waals surface area contributed by atoms with Crippen molar-refractivity contribution < 1.29 is 21.1 Å². The van der Waals surface area contributed by atoms with Gasteiger partial charge in [-0.15, -0.1) is 35.0 Å². The first-order valence-electron chi connectivity index (χ1n) is 12.3. The van der Waals surface area contributed by atoms with Crippen molar-refractivity contribution >= 4 is 49.3 Å².